The van der Waals surface area contributed by atoms with Gasteiger partial charge in [-0.15, -0.1) is 0 Å². The summed E-state index contributed by atoms with van der Waals surface area (Å²) in [7, 11) is 0. The van der Waals surface area contributed by atoms with Gasteiger partial charge in [0.1, 0.15) is 17.9 Å². The lowest BCUT2D eigenvalue weighted by Gasteiger charge is -2.11. The van der Waals surface area contributed by atoms with Crippen molar-refractivity contribution in [1.29, 1.82) is 0 Å². The van der Waals surface area contributed by atoms with Crippen molar-refractivity contribution < 1.29 is 13.9 Å². The van der Waals surface area contributed by atoms with Crippen LogP contribution in [-0.4, -0.2) is 16.0 Å². The number of carbonyl (C=O) groups is 1. The number of oxazole rings is 1. The highest BCUT2D eigenvalue weighted by Crippen LogP contribution is 2.29. The van der Waals surface area contributed by atoms with Gasteiger partial charge in [-0.2, -0.15) is 0 Å². The lowest BCUT2D eigenvalue weighted by Crippen LogP contribution is -2.34. The molecule has 0 unspecified atom stereocenters. The molecule has 39 heavy (non-hydrogen) atoms. The Hall–Kier alpha value is -4.49. The summed E-state index contributed by atoms with van der Waals surface area (Å²) in [5, 5.41) is 5.99. The number of hydrogen-bond donors (Lipinski definition) is 2. The molecule has 0 saturated carbocycles. The van der Waals surface area contributed by atoms with E-state index >= 15 is 0 Å². The number of aromatic nitrogens is 1. The zero-order chi connectivity index (χ0) is 27.2. The summed E-state index contributed by atoms with van der Waals surface area (Å²) in [4.78, 5) is 17.4. The van der Waals surface area contributed by atoms with E-state index in [-0.39, 0.29) is 11.0 Å². The normalized spacial score (nSPS) is 11.6. The molecule has 4 aromatic carbocycles. The van der Waals surface area contributed by atoms with Crippen molar-refractivity contribution >= 4 is 40.0 Å². The molecule has 0 fully saturated rings. The van der Waals surface area contributed by atoms with Crippen molar-refractivity contribution in [2.24, 2.45) is 0 Å². The second kappa shape index (κ2) is 11.9. The largest absolute Gasteiger partial charge is 0.489 e. The van der Waals surface area contributed by atoms with E-state index in [1.807, 2.05) is 60.7 Å². The Labute approximate surface area is 233 Å². The van der Waals surface area contributed by atoms with Gasteiger partial charge in [-0.25, -0.2) is 4.98 Å². The van der Waals surface area contributed by atoms with Crippen molar-refractivity contribution in [2.45, 2.75) is 32.8 Å². The number of amides is 1. The molecule has 1 heterocycles. The molecule has 1 aromatic heterocycles. The monoisotopic (exact) mass is 535 g/mol. The van der Waals surface area contributed by atoms with Crippen LogP contribution in [0.2, 0.25) is 0 Å². The number of anilines is 1. The first-order chi connectivity index (χ1) is 19.0. The molecule has 5 aromatic rings. The Bertz CT molecular complexity index is 1600. The van der Waals surface area contributed by atoms with Crippen LogP contribution < -0.4 is 15.4 Å². The topological polar surface area (TPSA) is 76.4 Å². The van der Waals surface area contributed by atoms with Gasteiger partial charge in [-0.3, -0.25) is 10.1 Å². The minimum absolute atomic E-state index is 0.192. The van der Waals surface area contributed by atoms with Gasteiger partial charge in [0.15, 0.2) is 10.7 Å². The quantitative estimate of drug-likeness (QED) is 0.198. The predicted molar refractivity (Wildman–Crippen MR) is 159 cm³/mol. The van der Waals surface area contributed by atoms with Crippen LogP contribution in [0.15, 0.2) is 101 Å². The second-order valence-electron chi connectivity index (χ2n) is 9.34. The smallest absolute Gasteiger partial charge is 0.257 e. The van der Waals surface area contributed by atoms with Crippen LogP contribution in [0.5, 0.6) is 5.75 Å². The van der Waals surface area contributed by atoms with Gasteiger partial charge in [0.2, 0.25) is 5.89 Å². The van der Waals surface area contributed by atoms with E-state index in [0.717, 1.165) is 28.6 Å². The molecule has 0 spiro atoms. The van der Waals surface area contributed by atoms with Crippen molar-refractivity contribution in [1.82, 2.24) is 10.3 Å². The summed E-state index contributed by atoms with van der Waals surface area (Å²) >= 11 is 5.39. The maximum atomic E-state index is 12.7. The van der Waals surface area contributed by atoms with E-state index in [1.165, 1.54) is 5.56 Å². The fourth-order valence-corrected chi connectivity index (χ4v) is 4.33. The minimum atomic E-state index is -0.311. The van der Waals surface area contributed by atoms with Crippen molar-refractivity contribution in [3.05, 3.63) is 114 Å². The molecular formula is C32H29N3O3S. The number of carbonyl (C=O) groups excluding carboxylic acids is 1. The van der Waals surface area contributed by atoms with Gasteiger partial charge >= 0.3 is 0 Å². The summed E-state index contributed by atoms with van der Waals surface area (Å²) in [5.74, 6) is 1.36. The molecule has 0 aliphatic heterocycles. The molecule has 0 bridgehead atoms. The summed E-state index contributed by atoms with van der Waals surface area (Å²) in [6, 6.07) is 30.6. The van der Waals surface area contributed by atoms with Crippen molar-refractivity contribution in [3.8, 4) is 17.2 Å². The van der Waals surface area contributed by atoms with Crippen LogP contribution in [0, 0.1) is 0 Å². The number of nitrogens with zero attached hydrogens (tertiary/aromatic N) is 1. The predicted octanol–water partition coefficient (Wildman–Crippen LogP) is 7.71. The first kappa shape index (κ1) is 26.1. The minimum Gasteiger partial charge on any atom is -0.489 e. The number of benzene rings is 4. The van der Waals surface area contributed by atoms with Crippen LogP contribution in [0.25, 0.3) is 22.6 Å². The Morgan fingerprint density at radius 3 is 2.54 bits per heavy atom. The third-order valence-corrected chi connectivity index (χ3v) is 6.76. The van der Waals surface area contributed by atoms with Crippen LogP contribution in [0.4, 0.5) is 5.69 Å². The van der Waals surface area contributed by atoms with Gasteiger partial charge in [0, 0.05) is 16.8 Å². The highest BCUT2D eigenvalue weighted by molar-refractivity contribution is 7.80. The molecule has 0 saturated heterocycles. The van der Waals surface area contributed by atoms with Gasteiger partial charge in [-0.05, 0) is 90.3 Å². The number of rotatable bonds is 8. The second-order valence-corrected chi connectivity index (χ2v) is 9.75. The highest BCUT2D eigenvalue weighted by Gasteiger charge is 2.13. The van der Waals surface area contributed by atoms with E-state index in [2.05, 4.69) is 36.6 Å². The maximum Gasteiger partial charge on any atom is 0.257 e. The lowest BCUT2D eigenvalue weighted by atomic mass is 9.98. The Kier molecular flexibility index (Phi) is 7.99. The van der Waals surface area contributed by atoms with E-state index in [0.29, 0.717) is 35.4 Å². The Balaban J connectivity index is 1.20. The highest BCUT2D eigenvalue weighted by atomic mass is 32.1. The number of thiocarbonyl (C=S) groups is 1. The van der Waals surface area contributed by atoms with Crippen LogP contribution >= 0.6 is 12.2 Å². The molecule has 5 rings (SSSR count). The summed E-state index contributed by atoms with van der Waals surface area (Å²) in [5.41, 5.74) is 5.90. The molecular weight excluding hydrogens is 506 g/mol. The van der Waals surface area contributed by atoms with E-state index < -0.39 is 0 Å². The molecule has 0 aliphatic rings. The van der Waals surface area contributed by atoms with Crippen LogP contribution in [0.3, 0.4) is 0 Å². The zero-order valence-electron chi connectivity index (χ0n) is 21.8. The zero-order valence-corrected chi connectivity index (χ0v) is 22.6. The Morgan fingerprint density at radius 1 is 0.974 bits per heavy atom. The summed E-state index contributed by atoms with van der Waals surface area (Å²) in [6.07, 6.45) is 1.06. The maximum absolute atomic E-state index is 12.7. The van der Waals surface area contributed by atoms with Gasteiger partial charge < -0.3 is 14.5 Å². The standard InChI is InChI=1S/C32H29N3O3S/c1-3-21(2)24-14-17-29-28(19-24)34-31(38-29)25-10-7-11-26(18-25)33-32(39)35-30(36)23-12-15-27(16-13-23)37-20-22-8-5-4-6-9-22/h4-19,21H,3,20H2,1-2H3,(H2,33,35,36,39)/t21-/m0/s1. The average Bonchev–Trinajstić information content (AvgIpc) is 3.40. The number of nitrogens with one attached hydrogen (secondary N) is 2. The summed E-state index contributed by atoms with van der Waals surface area (Å²) in [6.45, 7) is 4.84. The van der Waals surface area contributed by atoms with Gasteiger partial charge in [-0.1, -0.05) is 56.3 Å². The molecule has 0 radical (unpaired) electrons. The number of fused-ring (bicyclic) bond motifs is 1. The molecule has 2 N–H and O–H groups in total. The van der Waals surface area contributed by atoms with Crippen LogP contribution in [-0.2, 0) is 6.61 Å². The van der Waals surface area contributed by atoms with Crippen molar-refractivity contribution in [3.63, 3.8) is 0 Å². The molecule has 196 valence electrons. The number of ether oxygens (including phenoxy) is 1. The van der Waals surface area contributed by atoms with Gasteiger partial charge in [0.25, 0.3) is 5.91 Å². The van der Waals surface area contributed by atoms with Crippen LogP contribution in [0.1, 0.15) is 47.7 Å². The molecule has 1 amide bonds. The number of hydrogen-bond acceptors (Lipinski definition) is 5. The fraction of sp³-hybridized carbons (Fsp3) is 0.156. The van der Waals surface area contributed by atoms with Gasteiger partial charge in [0.05, 0.1) is 0 Å². The molecule has 0 aliphatic carbocycles. The Morgan fingerprint density at radius 2 is 1.77 bits per heavy atom. The third-order valence-electron chi connectivity index (χ3n) is 6.55. The first-order valence-corrected chi connectivity index (χ1v) is 13.3. The van der Waals surface area contributed by atoms with E-state index in [9.17, 15) is 4.79 Å². The lowest BCUT2D eigenvalue weighted by molar-refractivity contribution is 0.0977. The molecule has 1 atom stereocenters. The molecule has 6 nitrogen and oxygen atoms in total. The fourth-order valence-electron chi connectivity index (χ4n) is 4.12. The average molecular weight is 536 g/mol. The van der Waals surface area contributed by atoms with E-state index in [4.69, 9.17) is 26.4 Å². The SMILES string of the molecule is CC[C@H](C)c1ccc2oc(-c3cccc(NC(=S)NC(=O)c4ccc(OCc5ccccc5)cc4)c3)nc2c1. The third kappa shape index (κ3) is 6.51. The van der Waals surface area contributed by atoms with E-state index in [1.54, 1.807) is 24.3 Å². The first-order valence-electron chi connectivity index (χ1n) is 12.9. The summed E-state index contributed by atoms with van der Waals surface area (Å²) < 4.78 is 11.8. The van der Waals surface area contributed by atoms with Crippen molar-refractivity contribution in [2.75, 3.05) is 5.32 Å². The molecule has 7 heteroatoms.